The molecule has 0 fully saturated rings. The van der Waals surface area contributed by atoms with Crippen molar-refractivity contribution < 1.29 is 29.1 Å². The molecule has 0 aliphatic rings. The van der Waals surface area contributed by atoms with E-state index in [1.165, 1.54) is 0 Å². The minimum atomic E-state index is -1.24. The quantitative estimate of drug-likeness (QED) is 0.0598. The Hall–Kier alpha value is -3.42. The molecule has 0 spiro atoms. The van der Waals surface area contributed by atoms with Gasteiger partial charge in [-0.2, -0.15) is 0 Å². The molecule has 0 heterocycles. The zero-order chi connectivity index (χ0) is 28.0. The Morgan fingerprint density at radius 2 is 1.44 bits per heavy atom. The zero-order valence-corrected chi connectivity index (χ0v) is 21.5. The second-order valence-electron chi connectivity index (χ2n) is 9.19. The number of amides is 4. The van der Waals surface area contributed by atoms with Gasteiger partial charge in [-0.25, -0.2) is 4.79 Å². The fourth-order valence-corrected chi connectivity index (χ4v) is 3.27. The van der Waals surface area contributed by atoms with E-state index in [1.54, 1.807) is 13.8 Å². The molecule has 4 amide bonds. The molecule has 0 aliphatic carbocycles. The molecule has 0 bridgehead atoms. The third kappa shape index (κ3) is 12.9. The highest BCUT2D eigenvalue weighted by Gasteiger charge is 2.32. The predicted octanol–water partition coefficient (Wildman–Crippen LogP) is -2.13. The van der Waals surface area contributed by atoms with Gasteiger partial charge < -0.3 is 44.0 Å². The first-order chi connectivity index (χ1) is 16.7. The van der Waals surface area contributed by atoms with Crippen LogP contribution in [0.1, 0.15) is 59.8 Å². The number of guanidine groups is 1. The molecule has 14 heteroatoms. The van der Waals surface area contributed by atoms with Crippen molar-refractivity contribution in [2.45, 2.75) is 84.0 Å². The van der Waals surface area contributed by atoms with E-state index < -0.39 is 60.2 Å². The summed E-state index contributed by atoms with van der Waals surface area (Å²) in [5.74, 6) is -4.58. The molecule has 0 aromatic rings. The highest BCUT2D eigenvalue weighted by molar-refractivity contribution is 5.95. The van der Waals surface area contributed by atoms with Crippen LogP contribution < -0.4 is 38.9 Å². The minimum absolute atomic E-state index is 0.0237. The van der Waals surface area contributed by atoms with Gasteiger partial charge in [-0.05, 0) is 31.1 Å². The molecule has 14 nitrogen and oxygen atoms in total. The van der Waals surface area contributed by atoms with Crippen molar-refractivity contribution in [1.82, 2.24) is 16.0 Å². The van der Waals surface area contributed by atoms with Gasteiger partial charge in [0, 0.05) is 6.54 Å². The lowest BCUT2D eigenvalue weighted by atomic mass is 9.98. The van der Waals surface area contributed by atoms with Crippen molar-refractivity contribution in [2.75, 3.05) is 6.54 Å². The molecule has 0 aliphatic heterocycles. The second kappa shape index (κ2) is 16.3. The molecular weight excluding hydrogens is 472 g/mol. The number of nitrogens with zero attached hydrogens (tertiary/aromatic N) is 1. The van der Waals surface area contributed by atoms with Crippen LogP contribution in [-0.4, -0.2) is 71.4 Å². The van der Waals surface area contributed by atoms with Crippen LogP contribution >= 0.6 is 0 Å². The maximum absolute atomic E-state index is 13.1. The number of primary amides is 1. The molecule has 5 atom stereocenters. The monoisotopic (exact) mass is 514 g/mol. The van der Waals surface area contributed by atoms with E-state index in [0.717, 1.165) is 0 Å². The van der Waals surface area contributed by atoms with Crippen LogP contribution in [0.15, 0.2) is 4.99 Å². The number of hydrogen-bond donors (Lipinski definition) is 8. The Morgan fingerprint density at radius 1 is 0.889 bits per heavy atom. The Bertz CT molecular complexity index is 799. The van der Waals surface area contributed by atoms with E-state index in [2.05, 4.69) is 20.9 Å². The predicted molar refractivity (Wildman–Crippen MR) is 134 cm³/mol. The number of carboxylic acid groups (broad SMARTS) is 1. The molecule has 0 aromatic heterocycles. The summed E-state index contributed by atoms with van der Waals surface area (Å²) in [6.07, 6.45) is 0.733. The molecule has 36 heavy (non-hydrogen) atoms. The molecule has 12 N–H and O–H groups in total. The summed E-state index contributed by atoms with van der Waals surface area (Å²) in [6.45, 7) is 7.33. The molecule has 0 aromatic carbocycles. The van der Waals surface area contributed by atoms with Gasteiger partial charge in [0.1, 0.15) is 18.1 Å². The van der Waals surface area contributed by atoms with Gasteiger partial charge in [0.2, 0.25) is 23.6 Å². The van der Waals surface area contributed by atoms with Gasteiger partial charge >= 0.3 is 5.97 Å². The topological polar surface area (TPSA) is 258 Å². The van der Waals surface area contributed by atoms with Crippen LogP contribution in [-0.2, 0) is 24.0 Å². The number of carbonyl (C=O) groups is 5. The number of nitrogens with two attached hydrogens (primary N) is 4. The van der Waals surface area contributed by atoms with Gasteiger partial charge in [-0.15, -0.1) is 0 Å². The molecule has 0 saturated heterocycles. The van der Waals surface area contributed by atoms with Crippen LogP contribution in [0.5, 0.6) is 0 Å². The summed E-state index contributed by atoms with van der Waals surface area (Å²) in [6, 6.07) is -4.58. The van der Waals surface area contributed by atoms with Crippen molar-refractivity contribution in [2.24, 2.45) is 39.8 Å². The number of aliphatic carboxylic acids is 1. The van der Waals surface area contributed by atoms with E-state index in [4.69, 9.17) is 22.9 Å². The lowest BCUT2D eigenvalue weighted by Gasteiger charge is -2.27. The molecule has 0 radical (unpaired) electrons. The molecule has 0 rings (SSSR count). The maximum atomic E-state index is 13.1. The molecule has 5 unspecified atom stereocenters. The highest BCUT2D eigenvalue weighted by atomic mass is 16.4. The van der Waals surface area contributed by atoms with Crippen LogP contribution in [0.4, 0.5) is 0 Å². The van der Waals surface area contributed by atoms with Crippen molar-refractivity contribution >= 4 is 35.6 Å². The van der Waals surface area contributed by atoms with Gasteiger partial charge in [0.15, 0.2) is 5.96 Å². The largest absolute Gasteiger partial charge is 0.480 e. The first kappa shape index (κ1) is 32.6. The fraction of sp³-hybridized carbons (Fsp3) is 0.727. The number of hydrogen-bond acceptors (Lipinski definition) is 7. The summed E-state index contributed by atoms with van der Waals surface area (Å²) < 4.78 is 0. The highest BCUT2D eigenvalue weighted by Crippen LogP contribution is 2.11. The number of aliphatic imine (C=N–C) groups is 1. The summed E-state index contributed by atoms with van der Waals surface area (Å²) in [5.41, 5.74) is 21.4. The Labute approximate surface area is 211 Å². The maximum Gasteiger partial charge on any atom is 0.326 e. The van der Waals surface area contributed by atoms with E-state index >= 15 is 0 Å². The van der Waals surface area contributed by atoms with Crippen LogP contribution in [0.2, 0.25) is 0 Å². The van der Waals surface area contributed by atoms with Crippen LogP contribution in [0.25, 0.3) is 0 Å². The van der Waals surface area contributed by atoms with Crippen LogP contribution in [0.3, 0.4) is 0 Å². The normalized spacial score (nSPS) is 15.1. The van der Waals surface area contributed by atoms with Crippen LogP contribution in [0, 0.1) is 11.8 Å². The average Bonchev–Trinajstić information content (AvgIpc) is 2.76. The lowest BCUT2D eigenvalue weighted by Crippen LogP contribution is -2.58. The smallest absolute Gasteiger partial charge is 0.326 e. The first-order valence-electron chi connectivity index (χ1n) is 11.9. The third-order valence-electron chi connectivity index (χ3n) is 5.45. The number of carbonyl (C=O) groups excluding carboxylic acids is 4. The van der Waals surface area contributed by atoms with Gasteiger partial charge in [0.05, 0.1) is 12.5 Å². The summed E-state index contributed by atoms with van der Waals surface area (Å²) in [5, 5.41) is 17.1. The SMILES string of the molecule is CCC(C)C(NC(=O)C(CCCN=C(N)N)NC(=O)C(CC(C)C)NC(=O)C(N)CC(N)=O)C(=O)O. The summed E-state index contributed by atoms with van der Waals surface area (Å²) >= 11 is 0. The Morgan fingerprint density at radius 3 is 1.92 bits per heavy atom. The van der Waals surface area contributed by atoms with Crippen molar-refractivity contribution in [3.63, 3.8) is 0 Å². The molecule has 206 valence electrons. The summed E-state index contributed by atoms with van der Waals surface area (Å²) in [4.78, 5) is 65.1. The van der Waals surface area contributed by atoms with Crippen molar-refractivity contribution in [3.8, 4) is 0 Å². The third-order valence-corrected chi connectivity index (χ3v) is 5.45. The first-order valence-corrected chi connectivity index (χ1v) is 11.9. The van der Waals surface area contributed by atoms with E-state index in [1.807, 2.05) is 13.8 Å². The Balaban J connectivity index is 5.69. The molecular formula is C22H42N8O6. The van der Waals surface area contributed by atoms with E-state index in [9.17, 15) is 29.1 Å². The van der Waals surface area contributed by atoms with E-state index in [-0.39, 0.29) is 37.2 Å². The average molecular weight is 515 g/mol. The van der Waals surface area contributed by atoms with Gasteiger partial charge in [-0.3, -0.25) is 24.2 Å². The number of carboxylic acids is 1. The van der Waals surface area contributed by atoms with Gasteiger partial charge in [-0.1, -0.05) is 34.1 Å². The number of rotatable bonds is 17. The van der Waals surface area contributed by atoms with Crippen molar-refractivity contribution in [3.05, 3.63) is 0 Å². The minimum Gasteiger partial charge on any atom is -0.480 e. The summed E-state index contributed by atoms with van der Waals surface area (Å²) in [7, 11) is 0. The number of nitrogens with one attached hydrogen (secondary N) is 3. The lowest BCUT2D eigenvalue weighted by molar-refractivity contribution is -0.144. The zero-order valence-electron chi connectivity index (χ0n) is 21.5. The standard InChI is InChI=1S/C22H42N8O6/c1-5-12(4)17(21(35)36)30-19(33)14(7-6-8-27-22(25)26)28-20(34)15(9-11(2)3)29-18(32)13(23)10-16(24)31/h11-15,17H,5-10,23H2,1-4H3,(H2,24,31)(H,28,34)(H,29,32)(H,30,33)(H,35,36)(H4,25,26,27). The fourth-order valence-electron chi connectivity index (χ4n) is 3.27. The molecule has 0 saturated carbocycles. The van der Waals surface area contributed by atoms with E-state index in [0.29, 0.717) is 12.8 Å². The Kier molecular flexibility index (Phi) is 14.7. The van der Waals surface area contributed by atoms with Gasteiger partial charge in [0.25, 0.3) is 0 Å². The van der Waals surface area contributed by atoms with Crippen molar-refractivity contribution in [1.29, 1.82) is 0 Å². The second-order valence-corrected chi connectivity index (χ2v) is 9.19.